The third kappa shape index (κ3) is 12.1. The lowest BCUT2D eigenvalue weighted by atomic mass is 9.89. The van der Waals surface area contributed by atoms with Gasteiger partial charge in [0.1, 0.15) is 12.1 Å². The van der Waals surface area contributed by atoms with Crippen LogP contribution in [-0.4, -0.2) is 123 Å². The van der Waals surface area contributed by atoms with Gasteiger partial charge in [0.2, 0.25) is 29.5 Å². The summed E-state index contributed by atoms with van der Waals surface area (Å²) in [6.07, 6.45) is 0.667. The quantitative estimate of drug-likeness (QED) is 0.0780. The van der Waals surface area contributed by atoms with Crippen LogP contribution in [0, 0.1) is 17.8 Å². The molecule has 5 amide bonds. The molecule has 0 aliphatic carbocycles. The molecule has 1 aromatic carbocycles. The van der Waals surface area contributed by atoms with E-state index in [2.05, 4.69) is 26.0 Å². The molecule has 0 aromatic heterocycles. The van der Waals surface area contributed by atoms with Crippen molar-refractivity contribution in [1.29, 1.82) is 0 Å². The number of ether oxygens (including phenoxy) is 2. The second-order valence-corrected chi connectivity index (χ2v) is 14.7. The Morgan fingerprint density at radius 2 is 1.67 bits per heavy atom. The Morgan fingerprint density at radius 1 is 1.02 bits per heavy atom. The van der Waals surface area contributed by atoms with E-state index < -0.39 is 78.0 Å². The van der Waals surface area contributed by atoms with Crippen molar-refractivity contribution in [3.63, 3.8) is 0 Å². The van der Waals surface area contributed by atoms with Gasteiger partial charge in [0.15, 0.2) is 0 Å². The van der Waals surface area contributed by atoms with E-state index in [1.54, 1.807) is 32.8 Å². The highest BCUT2D eigenvalue weighted by atomic mass is 16.5. The zero-order valence-electron chi connectivity index (χ0n) is 33.7. The summed E-state index contributed by atoms with van der Waals surface area (Å²) in [5.74, 6) is -3.14. The Labute approximate surface area is 320 Å². The molecular formula is C38H63N9O7. The van der Waals surface area contributed by atoms with E-state index in [-0.39, 0.29) is 30.6 Å². The highest BCUT2D eigenvalue weighted by molar-refractivity contribution is 5.91. The number of carbonyl (C=O) groups is 5. The van der Waals surface area contributed by atoms with Crippen molar-refractivity contribution in [2.45, 2.75) is 122 Å². The van der Waals surface area contributed by atoms with Gasteiger partial charge in [-0.3, -0.25) is 24.0 Å². The lowest BCUT2D eigenvalue weighted by Crippen LogP contribution is -2.60. The first-order chi connectivity index (χ1) is 25.6. The largest absolute Gasteiger partial charge is 0.379 e. The van der Waals surface area contributed by atoms with E-state index in [1.165, 1.54) is 19.1 Å². The van der Waals surface area contributed by atoms with Crippen LogP contribution in [0.3, 0.4) is 0 Å². The maximum Gasteiger partial charge on any atom is 0.245 e. The highest BCUT2D eigenvalue weighted by Gasteiger charge is 2.43. The van der Waals surface area contributed by atoms with Gasteiger partial charge in [0, 0.05) is 39.1 Å². The van der Waals surface area contributed by atoms with E-state index in [4.69, 9.17) is 15.2 Å². The average Bonchev–Trinajstić information content (AvgIpc) is 3.63. The number of rotatable bonds is 22. The summed E-state index contributed by atoms with van der Waals surface area (Å²) in [5.41, 5.74) is 15.7. The number of primary amides is 1. The van der Waals surface area contributed by atoms with Gasteiger partial charge in [-0.05, 0) is 42.8 Å². The Morgan fingerprint density at radius 3 is 2.19 bits per heavy atom. The van der Waals surface area contributed by atoms with Gasteiger partial charge < -0.3 is 41.0 Å². The maximum absolute atomic E-state index is 14.2. The van der Waals surface area contributed by atoms with Crippen LogP contribution in [0.5, 0.6) is 0 Å². The molecular weight excluding hydrogens is 694 g/mol. The minimum Gasteiger partial charge on any atom is -0.379 e. The Hall–Kier alpha value is -4.24. The van der Waals surface area contributed by atoms with Gasteiger partial charge in [0.05, 0.1) is 48.7 Å². The fraction of sp³-hybridized carbons (Fsp3) is 0.711. The third-order valence-electron chi connectivity index (χ3n) is 10.7. The molecule has 1 fully saturated rings. The molecule has 2 unspecified atom stereocenters. The third-order valence-corrected chi connectivity index (χ3v) is 10.7. The van der Waals surface area contributed by atoms with Gasteiger partial charge in [-0.1, -0.05) is 83.4 Å². The number of amides is 5. The summed E-state index contributed by atoms with van der Waals surface area (Å²) in [7, 11) is 6.25. The van der Waals surface area contributed by atoms with E-state index in [9.17, 15) is 29.5 Å². The summed E-state index contributed by atoms with van der Waals surface area (Å²) < 4.78 is 11.8. The molecule has 10 atom stereocenters. The van der Waals surface area contributed by atoms with Gasteiger partial charge in [-0.15, -0.1) is 0 Å². The summed E-state index contributed by atoms with van der Waals surface area (Å²) in [6, 6.07) is 4.62. The molecule has 2 rings (SSSR count). The number of likely N-dealkylation sites (tertiary alicyclic amines) is 1. The van der Waals surface area contributed by atoms with Crippen LogP contribution in [0.15, 0.2) is 35.4 Å². The van der Waals surface area contributed by atoms with Gasteiger partial charge in [-0.25, -0.2) is 0 Å². The van der Waals surface area contributed by atoms with Crippen molar-refractivity contribution >= 4 is 29.5 Å². The number of hydrogen-bond acceptors (Lipinski definition) is 9. The smallest absolute Gasteiger partial charge is 0.245 e. The van der Waals surface area contributed by atoms with Crippen LogP contribution in [0.2, 0.25) is 0 Å². The van der Waals surface area contributed by atoms with Crippen molar-refractivity contribution in [3.8, 4) is 0 Å². The van der Waals surface area contributed by atoms with E-state index in [0.717, 1.165) is 5.56 Å². The van der Waals surface area contributed by atoms with Crippen molar-refractivity contribution in [3.05, 3.63) is 46.3 Å². The first-order valence-corrected chi connectivity index (χ1v) is 18.8. The van der Waals surface area contributed by atoms with E-state index in [1.807, 2.05) is 58.0 Å². The summed E-state index contributed by atoms with van der Waals surface area (Å²) in [5, 5.41) is 12.3. The Kier molecular flexibility index (Phi) is 18.9. The monoisotopic (exact) mass is 757 g/mol. The number of nitrogens with one attached hydrogen (secondary N) is 3. The predicted octanol–water partition coefficient (Wildman–Crippen LogP) is 2.55. The lowest BCUT2D eigenvalue weighted by Gasteiger charge is -2.41. The fourth-order valence-electron chi connectivity index (χ4n) is 7.45. The van der Waals surface area contributed by atoms with Crippen molar-refractivity contribution < 1.29 is 33.4 Å². The molecule has 0 radical (unpaired) electrons. The molecule has 1 saturated heterocycles. The van der Waals surface area contributed by atoms with Crippen LogP contribution in [-0.2, 0) is 39.9 Å². The standard InChI is InChI=1S/C38H63N9O7/c1-11-23(4)33(46(8)38(52)32(25(6)44-45-40)43-37(51)31(41-7)22(2)3)29(53-9)21-30(48)47-19-15-18-28(47)34(54-10)24(5)36(50)42-27(35(39)49)20-26-16-13-12-14-17-26/h12-14,16-17,22-25,27-29,31-34,41H,11,15,18-21H2,1-10H3,(H2,39,49)(H,42,50)(H,43,51)/t23-,24+,25?,27-,28-,29+,31-,32?,33-,34+/m0/s1. The van der Waals surface area contributed by atoms with Crippen molar-refractivity contribution in [2.75, 3.05) is 34.9 Å². The molecule has 16 heteroatoms. The topological polar surface area (TPSA) is 221 Å². The first-order valence-electron chi connectivity index (χ1n) is 18.8. The fourth-order valence-corrected chi connectivity index (χ4v) is 7.45. The molecule has 0 saturated carbocycles. The molecule has 1 heterocycles. The highest BCUT2D eigenvalue weighted by Crippen LogP contribution is 2.29. The molecule has 302 valence electrons. The lowest BCUT2D eigenvalue weighted by molar-refractivity contribution is -0.147. The van der Waals surface area contributed by atoms with E-state index >= 15 is 0 Å². The number of hydrogen-bond donors (Lipinski definition) is 4. The minimum absolute atomic E-state index is 0.0738. The number of azide groups is 1. The number of likely N-dealkylation sites (N-methyl/N-ethyl adjacent to an activating group) is 2. The number of benzene rings is 1. The van der Waals surface area contributed by atoms with Gasteiger partial charge in [-0.2, -0.15) is 0 Å². The zero-order chi connectivity index (χ0) is 40.7. The summed E-state index contributed by atoms with van der Waals surface area (Å²) in [6.45, 7) is 11.4. The van der Waals surface area contributed by atoms with E-state index in [0.29, 0.717) is 25.8 Å². The zero-order valence-corrected chi connectivity index (χ0v) is 33.7. The molecule has 1 aliphatic heterocycles. The molecule has 0 bridgehead atoms. The van der Waals surface area contributed by atoms with Crippen LogP contribution >= 0.6 is 0 Å². The van der Waals surface area contributed by atoms with Gasteiger partial charge >= 0.3 is 0 Å². The van der Waals surface area contributed by atoms with Crippen LogP contribution in [0.25, 0.3) is 10.4 Å². The SMILES string of the molecule is CC[C@H](C)[C@@H]([C@@H](CC(=O)N1CCC[C@H]1[C@H](OC)[C@@H](C)C(=O)N[C@@H](Cc1ccccc1)C(N)=O)OC)N(C)C(=O)C(NC(=O)[C@@H](NC)C(C)C)C(C)N=[N+]=[N-]. The van der Waals surface area contributed by atoms with Crippen molar-refractivity contribution in [2.24, 2.45) is 28.6 Å². The number of nitrogens with zero attached hydrogens (tertiary/aromatic N) is 5. The number of nitrogens with two attached hydrogens (primary N) is 1. The molecule has 1 aromatic rings. The molecule has 5 N–H and O–H groups in total. The predicted molar refractivity (Wildman–Crippen MR) is 206 cm³/mol. The maximum atomic E-state index is 14.2. The second kappa shape index (κ2) is 22.2. The first kappa shape index (κ1) is 45.9. The average molecular weight is 758 g/mol. The Balaban J connectivity index is 2.31. The minimum atomic E-state index is -1.17. The summed E-state index contributed by atoms with van der Waals surface area (Å²) >= 11 is 0. The van der Waals surface area contributed by atoms with Crippen LogP contribution in [0.1, 0.15) is 72.8 Å². The van der Waals surface area contributed by atoms with Gasteiger partial charge in [0.25, 0.3) is 0 Å². The van der Waals surface area contributed by atoms with Crippen LogP contribution in [0.4, 0.5) is 0 Å². The molecule has 54 heavy (non-hydrogen) atoms. The summed E-state index contributed by atoms with van der Waals surface area (Å²) in [4.78, 5) is 73.5. The number of methoxy groups -OCH3 is 2. The second-order valence-electron chi connectivity index (χ2n) is 14.7. The molecule has 0 spiro atoms. The van der Waals surface area contributed by atoms with Crippen molar-refractivity contribution in [1.82, 2.24) is 25.8 Å². The van der Waals surface area contributed by atoms with Crippen LogP contribution < -0.4 is 21.7 Å². The number of carbonyl (C=O) groups excluding carboxylic acids is 5. The normalized spacial score (nSPS) is 19.2. The molecule has 1 aliphatic rings. The Bertz CT molecular complexity index is 1440. The molecule has 16 nitrogen and oxygen atoms in total.